The Labute approximate surface area is 200 Å². The summed E-state index contributed by atoms with van der Waals surface area (Å²) >= 11 is 6.18. The van der Waals surface area contributed by atoms with Crippen LogP contribution in [-0.4, -0.2) is 25.4 Å². The topological polar surface area (TPSA) is 75.6 Å². The minimum Gasteiger partial charge on any atom is -0.338 e. The van der Waals surface area contributed by atoms with Crippen molar-refractivity contribution >= 4 is 45.5 Å². The maximum Gasteiger partial charge on any atom is 0.258 e. The number of halogens is 2. The molecule has 0 atom stereocenters. The van der Waals surface area contributed by atoms with Gasteiger partial charge in [-0.3, -0.25) is 10.1 Å². The number of aromatic nitrogens is 4. The van der Waals surface area contributed by atoms with E-state index >= 15 is 0 Å². The molecule has 6 nitrogen and oxygen atoms in total. The molecule has 0 radical (unpaired) electrons. The average Bonchev–Trinajstić information content (AvgIpc) is 3.37. The van der Waals surface area contributed by atoms with E-state index in [1.807, 2.05) is 19.1 Å². The summed E-state index contributed by atoms with van der Waals surface area (Å²) in [6.07, 6.45) is 2.01. The summed E-state index contributed by atoms with van der Waals surface area (Å²) in [5.74, 6) is 0.0679. The van der Waals surface area contributed by atoms with Gasteiger partial charge in [-0.05, 0) is 61.4 Å². The fraction of sp³-hybridized carbons (Fsp3) is 0.192. The fourth-order valence-electron chi connectivity index (χ4n) is 4.03. The van der Waals surface area contributed by atoms with Crippen LogP contribution >= 0.6 is 11.6 Å². The van der Waals surface area contributed by atoms with Crippen molar-refractivity contribution in [1.29, 1.82) is 0 Å². The molecule has 2 N–H and O–H groups in total. The minimum atomic E-state index is -0.467. The number of carbonyl (C=O) groups excluding carboxylic acids is 1. The monoisotopic (exact) mass is 475 g/mol. The van der Waals surface area contributed by atoms with Crippen LogP contribution in [0.1, 0.15) is 35.7 Å². The molecule has 0 fully saturated rings. The second kappa shape index (κ2) is 8.91. The first-order valence-corrected chi connectivity index (χ1v) is 11.5. The molecular formula is C26H23ClFN5O. The standard InChI is InChI=1S/C26H23ClFN5O/c1-3-4-12-33-22-13-15(2)8-10-20(22)31-26(33)32-25(34)16-9-11-19-21(14-16)30-24(29-19)23-17(27)6-5-7-18(23)28/h5-11,13-14H,3-4,12H2,1-2H3,(H,29,30)(H,31,32,34). The molecule has 0 saturated heterocycles. The number of aromatic amines is 1. The average molecular weight is 476 g/mol. The quantitative estimate of drug-likeness (QED) is 0.286. The van der Waals surface area contributed by atoms with Crippen LogP contribution in [0.3, 0.4) is 0 Å². The number of hydrogen-bond donors (Lipinski definition) is 2. The number of H-pyrrole nitrogens is 1. The Hall–Kier alpha value is -3.71. The highest BCUT2D eigenvalue weighted by Crippen LogP contribution is 2.30. The van der Waals surface area contributed by atoms with Crippen LogP contribution in [0, 0.1) is 12.7 Å². The van der Waals surface area contributed by atoms with Gasteiger partial charge in [0, 0.05) is 12.1 Å². The molecular weight excluding hydrogens is 453 g/mol. The smallest absolute Gasteiger partial charge is 0.258 e. The lowest BCUT2D eigenvalue weighted by atomic mass is 10.2. The van der Waals surface area contributed by atoms with E-state index in [9.17, 15) is 9.18 Å². The number of amides is 1. The molecule has 0 saturated carbocycles. The molecule has 0 aliphatic carbocycles. The van der Waals surface area contributed by atoms with Crippen molar-refractivity contribution in [3.05, 3.63) is 76.6 Å². The number of hydrogen-bond acceptors (Lipinski definition) is 3. The number of aryl methyl sites for hydroxylation is 2. The minimum absolute atomic E-state index is 0.200. The molecule has 0 aliphatic rings. The number of carbonyl (C=O) groups is 1. The molecule has 3 aromatic carbocycles. The van der Waals surface area contributed by atoms with Gasteiger partial charge in [0.2, 0.25) is 5.95 Å². The van der Waals surface area contributed by atoms with Crippen molar-refractivity contribution in [3.8, 4) is 11.4 Å². The van der Waals surface area contributed by atoms with Crippen molar-refractivity contribution in [3.63, 3.8) is 0 Å². The zero-order valence-corrected chi connectivity index (χ0v) is 19.6. The summed E-state index contributed by atoms with van der Waals surface area (Å²) in [7, 11) is 0. The van der Waals surface area contributed by atoms with Gasteiger partial charge < -0.3 is 9.55 Å². The molecule has 1 amide bonds. The number of benzene rings is 3. The van der Waals surface area contributed by atoms with E-state index in [-0.39, 0.29) is 16.5 Å². The van der Waals surface area contributed by atoms with Crippen LogP contribution in [0.25, 0.3) is 33.5 Å². The third kappa shape index (κ3) is 4.03. The van der Waals surface area contributed by atoms with Gasteiger partial charge in [-0.2, -0.15) is 0 Å². The number of unbranched alkanes of at least 4 members (excludes halogenated alkanes) is 1. The Balaban J connectivity index is 1.48. The van der Waals surface area contributed by atoms with Crippen molar-refractivity contribution < 1.29 is 9.18 Å². The fourth-order valence-corrected chi connectivity index (χ4v) is 4.29. The van der Waals surface area contributed by atoms with Gasteiger partial charge in [-0.15, -0.1) is 0 Å². The van der Waals surface area contributed by atoms with E-state index < -0.39 is 5.82 Å². The first-order chi connectivity index (χ1) is 16.4. The van der Waals surface area contributed by atoms with Gasteiger partial charge in [0.1, 0.15) is 11.6 Å². The van der Waals surface area contributed by atoms with Gasteiger partial charge in [-0.1, -0.05) is 37.1 Å². The lowest BCUT2D eigenvalue weighted by Crippen LogP contribution is -2.16. The Morgan fingerprint density at radius 1 is 1.12 bits per heavy atom. The molecule has 172 valence electrons. The summed E-state index contributed by atoms with van der Waals surface area (Å²) in [5, 5.41) is 3.22. The summed E-state index contributed by atoms with van der Waals surface area (Å²) in [6.45, 7) is 4.93. The van der Waals surface area contributed by atoms with E-state index in [1.54, 1.807) is 30.3 Å². The molecule has 0 bridgehead atoms. The zero-order chi connectivity index (χ0) is 23.8. The first-order valence-electron chi connectivity index (χ1n) is 11.2. The predicted octanol–water partition coefficient (Wildman–Crippen LogP) is 6.73. The van der Waals surface area contributed by atoms with Crippen LogP contribution in [0.5, 0.6) is 0 Å². The molecule has 34 heavy (non-hydrogen) atoms. The zero-order valence-electron chi connectivity index (χ0n) is 18.8. The third-order valence-electron chi connectivity index (χ3n) is 5.81. The molecule has 0 unspecified atom stereocenters. The molecule has 2 aromatic heterocycles. The second-order valence-electron chi connectivity index (χ2n) is 8.30. The lowest BCUT2D eigenvalue weighted by molar-refractivity contribution is 0.102. The van der Waals surface area contributed by atoms with E-state index in [0.717, 1.165) is 36.0 Å². The highest BCUT2D eigenvalue weighted by atomic mass is 35.5. The van der Waals surface area contributed by atoms with Crippen molar-refractivity contribution in [2.45, 2.75) is 33.2 Å². The predicted molar refractivity (Wildman–Crippen MR) is 134 cm³/mol. The van der Waals surface area contributed by atoms with Gasteiger partial charge in [0.15, 0.2) is 0 Å². The number of fused-ring (bicyclic) bond motifs is 2. The highest BCUT2D eigenvalue weighted by molar-refractivity contribution is 6.33. The van der Waals surface area contributed by atoms with E-state index in [4.69, 9.17) is 11.6 Å². The van der Waals surface area contributed by atoms with E-state index in [2.05, 4.69) is 37.8 Å². The molecule has 0 spiro atoms. The SMILES string of the molecule is CCCCn1c(NC(=O)c2ccc3[nH]c(-c4c(F)cccc4Cl)nc3c2)nc2ccc(C)cc21. The van der Waals surface area contributed by atoms with Crippen LogP contribution in [-0.2, 0) is 6.54 Å². The van der Waals surface area contributed by atoms with E-state index in [0.29, 0.717) is 28.4 Å². The third-order valence-corrected chi connectivity index (χ3v) is 6.12. The van der Waals surface area contributed by atoms with Crippen molar-refractivity contribution in [2.24, 2.45) is 0 Å². The molecule has 2 heterocycles. The van der Waals surface area contributed by atoms with Gasteiger partial charge in [0.05, 0.1) is 32.7 Å². The maximum absolute atomic E-state index is 14.3. The number of nitrogens with one attached hydrogen (secondary N) is 2. The van der Waals surface area contributed by atoms with E-state index in [1.165, 1.54) is 6.07 Å². The number of anilines is 1. The normalized spacial score (nSPS) is 11.4. The van der Waals surface area contributed by atoms with Crippen LogP contribution in [0.15, 0.2) is 54.6 Å². The highest BCUT2D eigenvalue weighted by Gasteiger charge is 2.17. The van der Waals surface area contributed by atoms with Crippen molar-refractivity contribution in [2.75, 3.05) is 5.32 Å². The Morgan fingerprint density at radius 2 is 1.97 bits per heavy atom. The largest absolute Gasteiger partial charge is 0.338 e. The molecule has 5 aromatic rings. The van der Waals surface area contributed by atoms with Gasteiger partial charge in [-0.25, -0.2) is 14.4 Å². The summed E-state index contributed by atoms with van der Waals surface area (Å²) in [6, 6.07) is 15.7. The molecule has 8 heteroatoms. The lowest BCUT2D eigenvalue weighted by Gasteiger charge is -2.10. The van der Waals surface area contributed by atoms with Gasteiger partial charge in [0.25, 0.3) is 5.91 Å². The number of rotatable bonds is 6. The molecule has 5 rings (SSSR count). The Morgan fingerprint density at radius 3 is 2.76 bits per heavy atom. The number of imidazole rings is 2. The van der Waals surface area contributed by atoms with Crippen molar-refractivity contribution in [1.82, 2.24) is 19.5 Å². The maximum atomic E-state index is 14.3. The molecule has 0 aliphatic heterocycles. The second-order valence-corrected chi connectivity index (χ2v) is 8.71. The Bertz CT molecular complexity index is 1520. The first kappa shape index (κ1) is 22.1. The number of nitrogens with zero attached hydrogens (tertiary/aromatic N) is 3. The summed E-state index contributed by atoms with van der Waals surface area (Å²) in [5.41, 5.74) is 4.82. The van der Waals surface area contributed by atoms with Crippen LogP contribution < -0.4 is 5.32 Å². The van der Waals surface area contributed by atoms with Crippen LogP contribution in [0.4, 0.5) is 10.3 Å². The summed E-state index contributed by atoms with van der Waals surface area (Å²) in [4.78, 5) is 25.3. The summed E-state index contributed by atoms with van der Waals surface area (Å²) < 4.78 is 16.4. The van der Waals surface area contributed by atoms with Crippen LogP contribution in [0.2, 0.25) is 5.02 Å². The van der Waals surface area contributed by atoms with Gasteiger partial charge >= 0.3 is 0 Å². The Kier molecular flexibility index (Phi) is 5.79.